The van der Waals surface area contributed by atoms with Crippen molar-refractivity contribution < 1.29 is 4.74 Å². The van der Waals surface area contributed by atoms with Crippen LogP contribution in [-0.4, -0.2) is 71.8 Å². The van der Waals surface area contributed by atoms with Gasteiger partial charge in [0.2, 0.25) is 0 Å². The lowest BCUT2D eigenvalue weighted by Gasteiger charge is -2.45. The molecule has 36 heavy (non-hydrogen) atoms. The number of pyridine rings is 1. The van der Waals surface area contributed by atoms with Crippen molar-refractivity contribution in [2.75, 3.05) is 56.2 Å². The van der Waals surface area contributed by atoms with Crippen molar-refractivity contribution in [2.24, 2.45) is 5.92 Å². The van der Waals surface area contributed by atoms with E-state index >= 15 is 0 Å². The van der Waals surface area contributed by atoms with Gasteiger partial charge in [-0.25, -0.2) is 4.98 Å². The molecule has 2 bridgehead atoms. The van der Waals surface area contributed by atoms with Gasteiger partial charge in [-0.2, -0.15) is 0 Å². The van der Waals surface area contributed by atoms with Gasteiger partial charge in [-0.1, -0.05) is 11.6 Å². The maximum Gasteiger partial charge on any atom is 0.261 e. The third kappa shape index (κ3) is 3.84. The summed E-state index contributed by atoms with van der Waals surface area (Å²) in [6, 6.07) is 12.2. The van der Waals surface area contributed by atoms with E-state index in [2.05, 4.69) is 37.2 Å². The standard InChI is InChI=1S/C27H29ClN6O2/c28-17-1-3-19-21(13-17)32-27(35)24(25(19)29-23-15-33-7-5-16(23)6-8-33)26-30-20-4-2-18(14-22(20)31-26)34-9-11-36-12-10-34/h1-4,13-14,16,23H,5-12,15H2,(H,30,31)(H2,29,32,35)/t23-/m0/s1. The van der Waals surface area contributed by atoms with Crippen LogP contribution >= 0.6 is 11.6 Å². The highest BCUT2D eigenvalue weighted by Crippen LogP contribution is 2.36. The summed E-state index contributed by atoms with van der Waals surface area (Å²) in [5.41, 5.74) is 4.81. The quantitative estimate of drug-likeness (QED) is 0.388. The van der Waals surface area contributed by atoms with Crippen molar-refractivity contribution in [1.82, 2.24) is 19.9 Å². The van der Waals surface area contributed by atoms with Crippen molar-refractivity contribution in [3.05, 3.63) is 51.8 Å². The summed E-state index contributed by atoms with van der Waals surface area (Å²) in [6.07, 6.45) is 2.38. The SMILES string of the molecule is O=c1[nH]c2cc(Cl)ccc2c(N[C@H]2CN3CCC2CC3)c1-c1nc2ccc(N3CCOCC3)cc2[nH]1. The fourth-order valence-electron chi connectivity index (χ4n) is 6.10. The molecule has 1 atom stereocenters. The Hall–Kier alpha value is -3.07. The Kier molecular flexibility index (Phi) is 5.41. The number of ether oxygens (including phenoxy) is 1. The van der Waals surface area contributed by atoms with Crippen molar-refractivity contribution in [3.8, 4) is 11.4 Å². The Morgan fingerprint density at radius 1 is 1.00 bits per heavy atom. The zero-order chi connectivity index (χ0) is 24.2. The van der Waals surface area contributed by atoms with Crippen LogP contribution in [0.2, 0.25) is 5.02 Å². The number of aromatic amines is 2. The number of piperidine rings is 3. The number of morpholine rings is 1. The lowest BCUT2D eigenvalue weighted by molar-refractivity contribution is 0.0976. The van der Waals surface area contributed by atoms with E-state index in [1.807, 2.05) is 24.3 Å². The number of nitrogens with one attached hydrogen (secondary N) is 3. The Morgan fingerprint density at radius 2 is 1.83 bits per heavy atom. The number of anilines is 2. The molecule has 4 saturated heterocycles. The first-order chi connectivity index (χ1) is 17.6. The number of hydrogen-bond donors (Lipinski definition) is 3. The third-order valence-corrected chi connectivity index (χ3v) is 8.28. The normalized spacial score (nSPS) is 24.0. The number of hydrogen-bond acceptors (Lipinski definition) is 6. The number of imidazole rings is 1. The van der Waals surface area contributed by atoms with Gasteiger partial charge in [-0.05, 0) is 68.2 Å². The topological polar surface area (TPSA) is 89.3 Å². The molecule has 0 radical (unpaired) electrons. The Balaban J connectivity index is 1.34. The summed E-state index contributed by atoms with van der Waals surface area (Å²) in [4.78, 5) is 29.7. The summed E-state index contributed by atoms with van der Waals surface area (Å²) in [6.45, 7) is 6.52. The highest BCUT2D eigenvalue weighted by Gasteiger charge is 2.35. The van der Waals surface area contributed by atoms with Crippen molar-refractivity contribution >= 4 is 44.9 Å². The fourth-order valence-corrected chi connectivity index (χ4v) is 6.27. The van der Waals surface area contributed by atoms with Crippen LogP contribution in [0.15, 0.2) is 41.2 Å². The highest BCUT2D eigenvalue weighted by atomic mass is 35.5. The lowest BCUT2D eigenvalue weighted by atomic mass is 9.83. The van der Waals surface area contributed by atoms with Crippen molar-refractivity contribution in [2.45, 2.75) is 18.9 Å². The molecule has 6 heterocycles. The number of benzene rings is 2. The van der Waals surface area contributed by atoms with Gasteiger partial charge >= 0.3 is 0 Å². The molecule has 0 aliphatic carbocycles. The first-order valence-corrected chi connectivity index (χ1v) is 13.2. The van der Waals surface area contributed by atoms with E-state index < -0.39 is 0 Å². The van der Waals surface area contributed by atoms with Crippen molar-refractivity contribution in [1.29, 1.82) is 0 Å². The minimum Gasteiger partial charge on any atom is -0.379 e. The largest absolute Gasteiger partial charge is 0.379 e. The van der Waals surface area contributed by atoms with Crippen LogP contribution in [0, 0.1) is 5.92 Å². The van der Waals surface area contributed by atoms with Crippen LogP contribution in [0.5, 0.6) is 0 Å². The second-order valence-corrected chi connectivity index (χ2v) is 10.6. The number of aromatic nitrogens is 3. The van der Waals surface area contributed by atoms with E-state index in [1.54, 1.807) is 0 Å². The molecule has 8 rings (SSSR count). The summed E-state index contributed by atoms with van der Waals surface area (Å²) in [5.74, 6) is 1.18. The van der Waals surface area contributed by atoms with Gasteiger partial charge in [0.05, 0.1) is 35.5 Å². The molecule has 0 unspecified atom stereocenters. The molecule has 4 aliphatic rings. The zero-order valence-corrected chi connectivity index (χ0v) is 20.8. The van der Waals surface area contributed by atoms with Gasteiger partial charge in [-0.3, -0.25) is 4.79 Å². The van der Waals surface area contributed by atoms with Gasteiger partial charge in [0.1, 0.15) is 11.4 Å². The summed E-state index contributed by atoms with van der Waals surface area (Å²) in [7, 11) is 0. The van der Waals surface area contributed by atoms with E-state index in [9.17, 15) is 4.79 Å². The predicted octanol–water partition coefficient (Wildman–Crippen LogP) is 4.07. The molecule has 2 aromatic carbocycles. The highest BCUT2D eigenvalue weighted by molar-refractivity contribution is 6.31. The fraction of sp³-hybridized carbons (Fsp3) is 0.407. The molecule has 0 amide bonds. The van der Waals surface area contributed by atoms with E-state index in [0.29, 0.717) is 28.4 Å². The van der Waals surface area contributed by atoms with E-state index in [-0.39, 0.29) is 5.56 Å². The Morgan fingerprint density at radius 3 is 2.61 bits per heavy atom. The predicted molar refractivity (Wildman–Crippen MR) is 144 cm³/mol. The van der Waals surface area contributed by atoms with E-state index in [0.717, 1.165) is 79.2 Å². The molecule has 9 heteroatoms. The summed E-state index contributed by atoms with van der Waals surface area (Å²) >= 11 is 6.28. The molecular formula is C27H29ClN6O2. The number of fused-ring (bicyclic) bond motifs is 5. The van der Waals surface area contributed by atoms with Gasteiger partial charge in [-0.15, -0.1) is 0 Å². The number of halogens is 1. The Bertz CT molecular complexity index is 1500. The van der Waals surface area contributed by atoms with Gasteiger partial charge in [0.25, 0.3) is 5.56 Å². The van der Waals surface area contributed by atoms with E-state index in [4.69, 9.17) is 21.3 Å². The van der Waals surface area contributed by atoms with Crippen LogP contribution in [-0.2, 0) is 4.74 Å². The first kappa shape index (κ1) is 22.2. The molecule has 2 aromatic heterocycles. The van der Waals surface area contributed by atoms with Gasteiger partial charge < -0.3 is 29.8 Å². The zero-order valence-electron chi connectivity index (χ0n) is 20.0. The van der Waals surface area contributed by atoms with Crippen LogP contribution in [0.3, 0.4) is 0 Å². The second kappa shape index (κ2) is 8.80. The number of nitrogens with zero attached hydrogens (tertiary/aromatic N) is 3. The third-order valence-electron chi connectivity index (χ3n) is 8.04. The van der Waals surface area contributed by atoms with Crippen LogP contribution in [0.25, 0.3) is 33.3 Å². The lowest BCUT2D eigenvalue weighted by Crippen LogP contribution is -2.53. The van der Waals surface area contributed by atoms with Crippen molar-refractivity contribution in [3.63, 3.8) is 0 Å². The van der Waals surface area contributed by atoms with E-state index in [1.165, 1.54) is 12.8 Å². The maximum absolute atomic E-state index is 13.5. The minimum absolute atomic E-state index is 0.180. The van der Waals surface area contributed by atoms with Crippen LogP contribution in [0.1, 0.15) is 12.8 Å². The molecule has 4 aliphatic heterocycles. The molecule has 8 nitrogen and oxygen atoms in total. The molecular weight excluding hydrogens is 476 g/mol. The first-order valence-electron chi connectivity index (χ1n) is 12.8. The molecule has 4 fully saturated rings. The summed E-state index contributed by atoms with van der Waals surface area (Å²) < 4.78 is 5.50. The molecule has 3 N–H and O–H groups in total. The molecule has 0 saturated carbocycles. The second-order valence-electron chi connectivity index (χ2n) is 10.2. The van der Waals surface area contributed by atoms with Crippen LogP contribution < -0.4 is 15.8 Å². The van der Waals surface area contributed by atoms with Gasteiger partial charge in [0, 0.05) is 41.8 Å². The number of rotatable bonds is 4. The maximum atomic E-state index is 13.5. The average molecular weight is 505 g/mol. The van der Waals surface area contributed by atoms with Crippen LogP contribution in [0.4, 0.5) is 11.4 Å². The molecule has 186 valence electrons. The monoisotopic (exact) mass is 504 g/mol. The minimum atomic E-state index is -0.180. The average Bonchev–Trinajstić information content (AvgIpc) is 3.32. The number of H-pyrrole nitrogens is 2. The Labute approximate surface area is 213 Å². The molecule has 0 spiro atoms. The summed E-state index contributed by atoms with van der Waals surface area (Å²) in [5, 5.41) is 5.34. The van der Waals surface area contributed by atoms with Gasteiger partial charge in [0.15, 0.2) is 0 Å². The smallest absolute Gasteiger partial charge is 0.261 e. The molecule has 4 aromatic rings.